The topological polar surface area (TPSA) is 70.4 Å². The van der Waals surface area contributed by atoms with Crippen LogP contribution >= 0.6 is 15.9 Å². The molecule has 1 heterocycles. The Morgan fingerprint density at radius 1 is 1.26 bits per heavy atom. The van der Waals surface area contributed by atoms with Gasteiger partial charge in [0.25, 0.3) is 0 Å². The Morgan fingerprint density at radius 2 is 1.96 bits per heavy atom. The monoisotopic (exact) mass is 382 g/mol. The van der Waals surface area contributed by atoms with Crippen molar-refractivity contribution in [3.63, 3.8) is 0 Å². The van der Waals surface area contributed by atoms with Gasteiger partial charge in [-0.1, -0.05) is 22.9 Å². The van der Waals surface area contributed by atoms with Gasteiger partial charge in [0.2, 0.25) is 0 Å². The normalized spacial score (nSPS) is 9.74. The SMILES string of the molecule is CCc1cc(-c2ccc(Br)cc2OC)n(CCOC)n1.O=C=O. The van der Waals surface area contributed by atoms with Crippen LogP contribution in [-0.2, 0) is 27.3 Å². The van der Waals surface area contributed by atoms with Crippen molar-refractivity contribution in [3.8, 4) is 17.0 Å². The minimum atomic E-state index is 0.250. The van der Waals surface area contributed by atoms with E-state index in [1.165, 1.54) is 0 Å². The molecule has 0 N–H and O–H groups in total. The number of methoxy groups -OCH3 is 2. The largest absolute Gasteiger partial charge is 0.496 e. The van der Waals surface area contributed by atoms with E-state index in [0.717, 1.165) is 40.1 Å². The number of benzene rings is 1. The Bertz CT molecular complexity index is 664. The number of halogens is 1. The molecule has 1 aromatic heterocycles. The maximum atomic E-state index is 8.12. The van der Waals surface area contributed by atoms with E-state index in [1.807, 2.05) is 22.9 Å². The van der Waals surface area contributed by atoms with Gasteiger partial charge in [-0.3, -0.25) is 4.68 Å². The number of ether oxygens (including phenoxy) is 2. The summed E-state index contributed by atoms with van der Waals surface area (Å²) in [5, 5.41) is 4.61. The second-order valence-corrected chi connectivity index (χ2v) is 5.43. The summed E-state index contributed by atoms with van der Waals surface area (Å²) in [4.78, 5) is 16.2. The van der Waals surface area contributed by atoms with Crippen molar-refractivity contribution in [2.45, 2.75) is 19.9 Å². The molecule has 0 aliphatic carbocycles. The van der Waals surface area contributed by atoms with Gasteiger partial charge in [0, 0.05) is 17.1 Å². The third kappa shape index (κ3) is 5.32. The number of hydrogen-bond donors (Lipinski definition) is 0. The fourth-order valence-electron chi connectivity index (χ4n) is 2.08. The maximum absolute atomic E-state index is 8.12. The van der Waals surface area contributed by atoms with Crippen molar-refractivity contribution in [2.75, 3.05) is 20.8 Å². The molecule has 0 amide bonds. The third-order valence-electron chi connectivity index (χ3n) is 3.14. The molecule has 0 unspecified atom stereocenters. The second-order valence-electron chi connectivity index (χ2n) is 4.52. The van der Waals surface area contributed by atoms with Crippen molar-refractivity contribution in [1.29, 1.82) is 0 Å². The van der Waals surface area contributed by atoms with Crippen LogP contribution in [0.25, 0.3) is 11.3 Å². The van der Waals surface area contributed by atoms with Crippen molar-refractivity contribution < 1.29 is 19.1 Å². The Labute approximate surface area is 143 Å². The van der Waals surface area contributed by atoms with Crippen LogP contribution in [-0.4, -0.2) is 36.8 Å². The number of hydrogen-bond acceptors (Lipinski definition) is 5. The van der Waals surface area contributed by atoms with E-state index in [2.05, 4.69) is 34.0 Å². The lowest BCUT2D eigenvalue weighted by Crippen LogP contribution is -2.08. The standard InChI is InChI=1S/C15H19BrN2O2.CO2/c1-4-12-10-14(18(17-12)7-8-19-2)13-6-5-11(16)9-15(13)20-3;2-1-3/h5-6,9-10H,4,7-8H2,1-3H3;. The molecule has 23 heavy (non-hydrogen) atoms. The van der Waals surface area contributed by atoms with Crippen LogP contribution < -0.4 is 4.74 Å². The highest BCUT2D eigenvalue weighted by atomic mass is 79.9. The number of aryl methyl sites for hydroxylation is 1. The molecule has 1 aromatic carbocycles. The fraction of sp³-hybridized carbons (Fsp3) is 0.375. The number of rotatable bonds is 6. The first-order valence-corrected chi connectivity index (χ1v) is 7.79. The third-order valence-corrected chi connectivity index (χ3v) is 3.63. The van der Waals surface area contributed by atoms with E-state index in [4.69, 9.17) is 19.1 Å². The van der Waals surface area contributed by atoms with Gasteiger partial charge < -0.3 is 9.47 Å². The van der Waals surface area contributed by atoms with Gasteiger partial charge in [0.15, 0.2) is 0 Å². The minimum Gasteiger partial charge on any atom is -0.496 e. The zero-order chi connectivity index (χ0) is 17.2. The quantitative estimate of drug-likeness (QED) is 0.767. The summed E-state index contributed by atoms with van der Waals surface area (Å²) < 4.78 is 13.6. The molecule has 2 rings (SSSR count). The first kappa shape index (κ1) is 19.1. The lowest BCUT2D eigenvalue weighted by molar-refractivity contribution is -0.191. The predicted octanol–water partition coefficient (Wildman–Crippen LogP) is 2.95. The van der Waals surface area contributed by atoms with E-state index in [9.17, 15) is 0 Å². The van der Waals surface area contributed by atoms with Crippen molar-refractivity contribution in [2.24, 2.45) is 0 Å². The second kappa shape index (κ2) is 9.94. The molecule has 0 aliphatic rings. The Hall–Kier alpha value is -1.95. The van der Waals surface area contributed by atoms with Gasteiger partial charge in [-0.2, -0.15) is 14.7 Å². The minimum absolute atomic E-state index is 0.250. The lowest BCUT2D eigenvalue weighted by atomic mass is 10.1. The molecule has 0 fully saturated rings. The molecule has 2 aromatic rings. The zero-order valence-electron chi connectivity index (χ0n) is 13.3. The number of carbonyl (C=O) groups excluding carboxylic acids is 2. The molecule has 0 saturated heterocycles. The average molecular weight is 383 g/mol. The van der Waals surface area contributed by atoms with Crippen LogP contribution in [0.2, 0.25) is 0 Å². The molecule has 0 bridgehead atoms. The molecule has 7 heteroatoms. The first-order chi connectivity index (χ1) is 11.1. The molecule has 6 nitrogen and oxygen atoms in total. The maximum Gasteiger partial charge on any atom is 0.373 e. The lowest BCUT2D eigenvalue weighted by Gasteiger charge is -2.11. The number of aromatic nitrogens is 2. The van der Waals surface area contributed by atoms with Gasteiger partial charge in [0.1, 0.15) is 5.75 Å². The van der Waals surface area contributed by atoms with Gasteiger partial charge >= 0.3 is 6.15 Å². The summed E-state index contributed by atoms with van der Waals surface area (Å²) in [6.45, 7) is 3.47. The van der Waals surface area contributed by atoms with Gasteiger partial charge in [-0.25, -0.2) is 0 Å². The smallest absolute Gasteiger partial charge is 0.373 e. The summed E-state index contributed by atoms with van der Waals surface area (Å²) in [6, 6.07) is 8.13. The van der Waals surface area contributed by atoms with E-state index in [-0.39, 0.29) is 6.15 Å². The predicted molar refractivity (Wildman–Crippen MR) is 88.2 cm³/mol. The highest BCUT2D eigenvalue weighted by Gasteiger charge is 2.13. The molecule has 0 saturated carbocycles. The van der Waals surface area contributed by atoms with Gasteiger partial charge in [0.05, 0.1) is 31.6 Å². The molecule has 124 valence electrons. The summed E-state index contributed by atoms with van der Waals surface area (Å²) in [5.74, 6) is 0.834. The molecule has 0 spiro atoms. The summed E-state index contributed by atoms with van der Waals surface area (Å²) in [6.07, 6.45) is 1.16. The van der Waals surface area contributed by atoms with Crippen LogP contribution in [0.1, 0.15) is 12.6 Å². The summed E-state index contributed by atoms with van der Waals surface area (Å²) >= 11 is 3.47. The van der Waals surface area contributed by atoms with Crippen LogP contribution in [0.5, 0.6) is 5.75 Å². The van der Waals surface area contributed by atoms with Crippen LogP contribution in [0.15, 0.2) is 28.7 Å². The number of nitrogens with zero attached hydrogens (tertiary/aromatic N) is 2. The summed E-state index contributed by atoms with van der Waals surface area (Å²) in [5.41, 5.74) is 3.17. The molecule has 0 atom stereocenters. The Balaban J connectivity index is 0.000000816. The van der Waals surface area contributed by atoms with Gasteiger partial charge in [-0.15, -0.1) is 0 Å². The first-order valence-electron chi connectivity index (χ1n) is 7.00. The van der Waals surface area contributed by atoms with E-state index in [0.29, 0.717) is 6.61 Å². The molecular formula is C16H19BrN2O4. The average Bonchev–Trinajstić information content (AvgIpc) is 2.96. The van der Waals surface area contributed by atoms with Crippen molar-refractivity contribution in [3.05, 3.63) is 34.4 Å². The molecular weight excluding hydrogens is 364 g/mol. The highest BCUT2D eigenvalue weighted by Crippen LogP contribution is 2.33. The Kier molecular flexibility index (Phi) is 8.26. The van der Waals surface area contributed by atoms with Crippen LogP contribution in [0, 0.1) is 0 Å². The van der Waals surface area contributed by atoms with E-state index < -0.39 is 0 Å². The summed E-state index contributed by atoms with van der Waals surface area (Å²) in [7, 11) is 3.38. The van der Waals surface area contributed by atoms with Gasteiger partial charge in [-0.05, 0) is 30.7 Å². The zero-order valence-corrected chi connectivity index (χ0v) is 14.9. The van der Waals surface area contributed by atoms with Crippen LogP contribution in [0.4, 0.5) is 0 Å². The molecule has 0 aliphatic heterocycles. The fourth-order valence-corrected chi connectivity index (χ4v) is 2.42. The van der Waals surface area contributed by atoms with Crippen molar-refractivity contribution >= 4 is 22.1 Å². The highest BCUT2D eigenvalue weighted by molar-refractivity contribution is 9.10. The Morgan fingerprint density at radius 3 is 2.52 bits per heavy atom. The van der Waals surface area contributed by atoms with E-state index in [1.54, 1.807) is 14.2 Å². The van der Waals surface area contributed by atoms with Crippen LogP contribution in [0.3, 0.4) is 0 Å². The van der Waals surface area contributed by atoms with E-state index >= 15 is 0 Å². The molecule has 0 radical (unpaired) electrons. The van der Waals surface area contributed by atoms with Crippen molar-refractivity contribution in [1.82, 2.24) is 9.78 Å².